The summed E-state index contributed by atoms with van der Waals surface area (Å²) < 4.78 is 81.8. The molecule has 4 atom stereocenters. The lowest BCUT2D eigenvalue weighted by molar-refractivity contribution is -0.129. The first-order chi connectivity index (χ1) is 49.5. The van der Waals surface area contributed by atoms with Gasteiger partial charge in [-0.3, -0.25) is 38.4 Å². The molecule has 0 saturated heterocycles. The zero-order chi connectivity index (χ0) is 74.9. The van der Waals surface area contributed by atoms with E-state index in [2.05, 4.69) is 42.5 Å². The number of methoxy groups -OCH3 is 4. The molecule has 0 aliphatic carbocycles. The lowest BCUT2D eigenvalue weighted by Crippen LogP contribution is -2.48. The standard InChI is InChI=1S/3C19H21FN2O4.C19H22N2O4/c1-13(23)22-18(12-25-2)19(24)21-11-14-3-7-16(8-4-14)26-17-9-5-15(20)6-10-17;1-13(23)22-18(12-25-2)19(24)21-11-14-6-8-16(9-7-14)26-17-5-3-4-15(20)10-17;1-13(23)22-17(12-25-2)19(24)21-11-14-7-9-15(10-8-14)26-18-6-4-3-5-16(18)20;1-14(22)21-18(13-24-2)19(23)20-12-15-8-10-17(11-9-15)25-16-6-4-3-5-7-16/h2*3-10,18H,11-12H2,1-2H3,(H,21,24)(H,22,23);3-10,17H,11-12H2,1-2H3,(H,21,24)(H,22,23);3-11,18H,12-13H2,1-2H3,(H,20,23)(H,21,22)/t2*18-;17-;18-/m1111/s1. The van der Waals surface area contributed by atoms with Crippen LogP contribution in [0.25, 0.3) is 0 Å². The molecule has 8 aromatic rings. The SMILES string of the molecule is COC[C@@H](NC(C)=O)C(=O)NCc1ccc(Oc2ccc(F)cc2)cc1.COC[C@@H](NC(C)=O)C(=O)NCc1ccc(Oc2cccc(F)c2)cc1.COC[C@@H](NC(C)=O)C(=O)NCc1ccc(Oc2ccccc2)cc1.COC[C@@H](NC(C)=O)C(=O)NCc1ccc(Oc2ccccc2F)cc1. The van der Waals surface area contributed by atoms with E-state index >= 15 is 0 Å². The normalized spacial score (nSPS) is 11.5. The predicted molar refractivity (Wildman–Crippen MR) is 377 cm³/mol. The number of hydrogen-bond donors (Lipinski definition) is 8. The fourth-order valence-electron chi connectivity index (χ4n) is 8.91. The Kier molecular flexibility index (Phi) is 36.0. The fraction of sp³-hybridized carbons (Fsp3) is 0.263. The van der Waals surface area contributed by atoms with Gasteiger partial charge >= 0.3 is 0 Å². The average Bonchev–Trinajstić information content (AvgIpc) is 0.891. The highest BCUT2D eigenvalue weighted by Crippen LogP contribution is 2.27. The molecular weight excluding hydrogens is 1340 g/mol. The second kappa shape index (κ2) is 45.2. The molecule has 8 N–H and O–H groups in total. The highest BCUT2D eigenvalue weighted by Gasteiger charge is 2.23. The van der Waals surface area contributed by atoms with Crippen molar-refractivity contribution in [3.8, 4) is 46.0 Å². The van der Waals surface area contributed by atoms with Crippen molar-refractivity contribution in [3.63, 3.8) is 0 Å². The summed E-state index contributed by atoms with van der Waals surface area (Å²) in [6, 6.07) is 52.8. The minimum atomic E-state index is -0.749. The molecule has 0 bridgehead atoms. The van der Waals surface area contributed by atoms with E-state index in [1.807, 2.05) is 66.7 Å². The molecule has 103 heavy (non-hydrogen) atoms. The van der Waals surface area contributed by atoms with Gasteiger partial charge in [0.15, 0.2) is 11.6 Å². The second-order valence-corrected chi connectivity index (χ2v) is 22.3. The van der Waals surface area contributed by atoms with Crippen LogP contribution in [0.5, 0.6) is 46.0 Å². The van der Waals surface area contributed by atoms with Crippen molar-refractivity contribution in [1.29, 1.82) is 0 Å². The second-order valence-electron chi connectivity index (χ2n) is 22.3. The fourth-order valence-corrected chi connectivity index (χ4v) is 8.91. The Morgan fingerprint density at radius 2 is 0.573 bits per heavy atom. The van der Waals surface area contributed by atoms with Crippen molar-refractivity contribution in [2.75, 3.05) is 54.9 Å². The Bertz CT molecular complexity index is 3940. The third-order valence-corrected chi connectivity index (χ3v) is 13.8. The van der Waals surface area contributed by atoms with E-state index in [9.17, 15) is 51.5 Å². The van der Waals surface area contributed by atoms with Crippen LogP contribution < -0.4 is 61.5 Å². The summed E-state index contributed by atoms with van der Waals surface area (Å²) in [5, 5.41) is 21.2. The summed E-state index contributed by atoms with van der Waals surface area (Å²) >= 11 is 0. The molecule has 24 nitrogen and oxygen atoms in total. The molecule has 0 unspecified atom stereocenters. The molecule has 0 radical (unpaired) electrons. The monoisotopic (exact) mass is 1420 g/mol. The lowest BCUT2D eigenvalue weighted by atomic mass is 10.2. The predicted octanol–water partition coefficient (Wildman–Crippen LogP) is 9.40. The van der Waals surface area contributed by atoms with Crippen molar-refractivity contribution in [3.05, 3.63) is 240 Å². The van der Waals surface area contributed by atoms with Gasteiger partial charge in [0.25, 0.3) is 0 Å². The van der Waals surface area contributed by atoms with Gasteiger partial charge in [-0.2, -0.15) is 0 Å². The summed E-state index contributed by atoms with van der Waals surface area (Å²) in [5.41, 5.74) is 3.47. The topological polar surface area (TPSA) is 307 Å². The molecule has 0 aliphatic rings. The molecule has 8 aromatic carbocycles. The van der Waals surface area contributed by atoms with Crippen LogP contribution in [-0.2, 0) is 83.5 Å². The Hall–Kier alpha value is -11.7. The molecular formula is C76H85F3N8O16. The quantitative estimate of drug-likeness (QED) is 0.0195. The van der Waals surface area contributed by atoms with Gasteiger partial charge < -0.3 is 80.4 Å². The molecule has 0 aromatic heterocycles. The maximum absolute atomic E-state index is 13.6. The molecule has 27 heteroatoms. The Labute approximate surface area is 595 Å². The summed E-state index contributed by atoms with van der Waals surface area (Å²) in [5.74, 6) is 0.600. The number of amides is 8. The maximum Gasteiger partial charge on any atom is 0.245 e. The zero-order valence-corrected chi connectivity index (χ0v) is 58.2. The van der Waals surface area contributed by atoms with E-state index in [1.165, 1.54) is 86.5 Å². The first kappa shape index (κ1) is 82.0. The Balaban J connectivity index is 0.000000247. The van der Waals surface area contributed by atoms with Crippen LogP contribution in [-0.4, -0.2) is 126 Å². The minimum Gasteiger partial charge on any atom is -0.457 e. The van der Waals surface area contributed by atoms with Crippen LogP contribution in [0.4, 0.5) is 13.2 Å². The third kappa shape index (κ3) is 32.5. The van der Waals surface area contributed by atoms with Crippen molar-refractivity contribution in [2.24, 2.45) is 0 Å². The molecule has 8 rings (SSSR count). The van der Waals surface area contributed by atoms with E-state index in [0.717, 1.165) is 33.8 Å². The molecule has 546 valence electrons. The van der Waals surface area contributed by atoms with Crippen LogP contribution in [0.15, 0.2) is 200 Å². The zero-order valence-electron chi connectivity index (χ0n) is 58.2. The number of carbonyl (C=O) groups is 8. The van der Waals surface area contributed by atoms with Crippen LogP contribution in [0.2, 0.25) is 0 Å². The first-order valence-corrected chi connectivity index (χ1v) is 32.1. The van der Waals surface area contributed by atoms with Crippen LogP contribution in [0.3, 0.4) is 0 Å². The smallest absolute Gasteiger partial charge is 0.245 e. The molecule has 8 amide bonds. The van der Waals surface area contributed by atoms with Gasteiger partial charge in [0.2, 0.25) is 47.3 Å². The van der Waals surface area contributed by atoms with Crippen molar-refractivity contribution in [1.82, 2.24) is 42.5 Å². The lowest BCUT2D eigenvalue weighted by Gasteiger charge is -2.16. The minimum absolute atomic E-state index is 0.0842. The number of halogens is 3. The highest BCUT2D eigenvalue weighted by molar-refractivity contribution is 5.89. The third-order valence-electron chi connectivity index (χ3n) is 13.8. The average molecular weight is 1420 g/mol. The van der Waals surface area contributed by atoms with E-state index in [1.54, 1.807) is 103 Å². The number of carbonyl (C=O) groups excluding carboxylic acids is 8. The van der Waals surface area contributed by atoms with Crippen LogP contribution >= 0.6 is 0 Å². The van der Waals surface area contributed by atoms with E-state index < -0.39 is 30.0 Å². The number of benzene rings is 8. The molecule has 0 heterocycles. The molecule has 0 aliphatic heterocycles. The van der Waals surface area contributed by atoms with Gasteiger partial charge in [0.1, 0.15) is 76.0 Å². The number of para-hydroxylation sites is 2. The van der Waals surface area contributed by atoms with Crippen molar-refractivity contribution < 1.29 is 89.4 Å². The van der Waals surface area contributed by atoms with Gasteiger partial charge in [0.05, 0.1) is 26.4 Å². The van der Waals surface area contributed by atoms with Gasteiger partial charge in [-0.1, -0.05) is 84.9 Å². The number of rotatable bonds is 32. The van der Waals surface area contributed by atoms with Gasteiger partial charge in [-0.15, -0.1) is 0 Å². The Morgan fingerprint density at radius 3 is 0.874 bits per heavy atom. The van der Waals surface area contributed by atoms with E-state index in [-0.39, 0.29) is 97.6 Å². The van der Waals surface area contributed by atoms with Crippen LogP contribution in [0, 0.1) is 17.5 Å². The van der Waals surface area contributed by atoms with Gasteiger partial charge in [-0.25, -0.2) is 13.2 Å². The molecule has 0 saturated carbocycles. The van der Waals surface area contributed by atoms with Crippen LogP contribution in [0.1, 0.15) is 49.9 Å². The summed E-state index contributed by atoms with van der Waals surface area (Å²) in [6.07, 6.45) is 0. The van der Waals surface area contributed by atoms with E-state index in [4.69, 9.17) is 37.9 Å². The largest absolute Gasteiger partial charge is 0.457 e. The van der Waals surface area contributed by atoms with Gasteiger partial charge in [0, 0.05) is 88.4 Å². The van der Waals surface area contributed by atoms with E-state index in [0.29, 0.717) is 48.4 Å². The molecule has 0 fully saturated rings. The number of ether oxygens (including phenoxy) is 8. The number of hydrogen-bond acceptors (Lipinski definition) is 16. The summed E-state index contributed by atoms with van der Waals surface area (Å²) in [7, 11) is 5.85. The number of nitrogens with one attached hydrogen (secondary N) is 8. The van der Waals surface area contributed by atoms with Gasteiger partial charge in [-0.05, 0) is 131 Å². The maximum atomic E-state index is 13.6. The van der Waals surface area contributed by atoms with Crippen molar-refractivity contribution in [2.45, 2.75) is 78.0 Å². The van der Waals surface area contributed by atoms with Crippen molar-refractivity contribution >= 4 is 47.3 Å². The molecule has 0 spiro atoms. The summed E-state index contributed by atoms with van der Waals surface area (Å²) in [4.78, 5) is 93.0. The Morgan fingerprint density at radius 1 is 0.301 bits per heavy atom. The first-order valence-electron chi connectivity index (χ1n) is 32.1. The summed E-state index contributed by atoms with van der Waals surface area (Å²) in [6.45, 7) is 6.99. The highest BCUT2D eigenvalue weighted by atomic mass is 19.1.